The highest BCUT2D eigenvalue weighted by Gasteiger charge is 2.02. The minimum Gasteiger partial charge on any atom is -0.393 e. The van der Waals surface area contributed by atoms with Gasteiger partial charge in [-0.25, -0.2) is 4.98 Å². The van der Waals surface area contributed by atoms with Crippen LogP contribution in [-0.2, 0) is 0 Å². The summed E-state index contributed by atoms with van der Waals surface area (Å²) >= 11 is 3.39. The number of aromatic nitrogens is 1. The Balaban J connectivity index is 2.35. The van der Waals surface area contributed by atoms with Gasteiger partial charge in [0.15, 0.2) is 0 Å². The fourth-order valence-electron chi connectivity index (χ4n) is 1.08. The first kappa shape index (κ1) is 11.5. The number of hydrogen-bond donors (Lipinski definition) is 2. The van der Waals surface area contributed by atoms with Crippen molar-refractivity contribution in [2.45, 2.75) is 25.9 Å². The number of aliphatic hydroxyl groups is 1. The molecule has 78 valence electrons. The van der Waals surface area contributed by atoms with Crippen LogP contribution < -0.4 is 5.32 Å². The van der Waals surface area contributed by atoms with Crippen LogP contribution in [0.15, 0.2) is 22.8 Å². The first-order valence-corrected chi connectivity index (χ1v) is 5.55. The van der Waals surface area contributed by atoms with E-state index in [1.165, 1.54) is 0 Å². The third kappa shape index (κ3) is 3.64. The number of nitrogens with zero attached hydrogens (tertiary/aromatic N) is 1. The van der Waals surface area contributed by atoms with Crippen molar-refractivity contribution in [3.8, 4) is 0 Å². The van der Waals surface area contributed by atoms with Gasteiger partial charge < -0.3 is 10.4 Å². The Labute approximate surface area is 92.7 Å². The van der Waals surface area contributed by atoms with Gasteiger partial charge in [0, 0.05) is 12.7 Å². The third-order valence-electron chi connectivity index (χ3n) is 2.00. The number of hydrogen-bond acceptors (Lipinski definition) is 3. The zero-order valence-corrected chi connectivity index (χ0v) is 9.79. The van der Waals surface area contributed by atoms with E-state index in [1.54, 1.807) is 6.20 Å². The summed E-state index contributed by atoms with van der Waals surface area (Å²) < 4.78 is 0.950. The van der Waals surface area contributed by atoms with Gasteiger partial charge in [-0.3, -0.25) is 0 Å². The van der Waals surface area contributed by atoms with Crippen LogP contribution in [0, 0.1) is 0 Å². The molecule has 0 fully saturated rings. The van der Waals surface area contributed by atoms with Crippen molar-refractivity contribution in [2.24, 2.45) is 0 Å². The van der Waals surface area contributed by atoms with E-state index in [-0.39, 0.29) is 6.10 Å². The molecule has 1 aromatic rings. The summed E-state index contributed by atoms with van der Waals surface area (Å²) in [5, 5.41) is 12.5. The first-order chi connectivity index (χ1) is 6.74. The van der Waals surface area contributed by atoms with E-state index in [2.05, 4.69) is 26.2 Å². The second kappa shape index (κ2) is 5.98. The van der Waals surface area contributed by atoms with Crippen molar-refractivity contribution in [3.63, 3.8) is 0 Å². The van der Waals surface area contributed by atoms with Gasteiger partial charge in [-0.15, -0.1) is 0 Å². The van der Waals surface area contributed by atoms with Crippen LogP contribution in [0.2, 0.25) is 0 Å². The lowest BCUT2D eigenvalue weighted by Gasteiger charge is -2.09. The molecule has 1 atom stereocenters. The Bertz CT molecular complexity index is 281. The summed E-state index contributed by atoms with van der Waals surface area (Å²) in [4.78, 5) is 4.16. The van der Waals surface area contributed by atoms with Crippen LogP contribution >= 0.6 is 15.9 Å². The molecule has 0 radical (unpaired) electrons. The van der Waals surface area contributed by atoms with Crippen molar-refractivity contribution < 1.29 is 5.11 Å². The van der Waals surface area contributed by atoms with Crippen LogP contribution in [0.25, 0.3) is 0 Å². The van der Waals surface area contributed by atoms with Gasteiger partial charge in [-0.2, -0.15) is 0 Å². The van der Waals surface area contributed by atoms with Gasteiger partial charge in [0.2, 0.25) is 0 Å². The first-order valence-electron chi connectivity index (χ1n) is 4.76. The molecule has 1 heterocycles. The van der Waals surface area contributed by atoms with Crippen LogP contribution in [0.5, 0.6) is 0 Å². The van der Waals surface area contributed by atoms with Gasteiger partial charge in [-0.1, -0.05) is 6.92 Å². The second-order valence-corrected chi connectivity index (χ2v) is 3.97. The van der Waals surface area contributed by atoms with E-state index in [9.17, 15) is 5.11 Å². The second-order valence-electron chi connectivity index (χ2n) is 3.11. The van der Waals surface area contributed by atoms with Crippen LogP contribution in [0.3, 0.4) is 0 Å². The molecular formula is C10H15BrN2O. The summed E-state index contributed by atoms with van der Waals surface area (Å²) in [6, 6.07) is 3.81. The molecule has 3 nitrogen and oxygen atoms in total. The summed E-state index contributed by atoms with van der Waals surface area (Å²) in [6.07, 6.45) is 3.07. The molecule has 1 aromatic heterocycles. The molecule has 0 saturated heterocycles. The Kier molecular flexibility index (Phi) is 4.90. The molecule has 0 aromatic carbocycles. The molecule has 1 unspecified atom stereocenters. The molecule has 0 spiro atoms. The van der Waals surface area contributed by atoms with Gasteiger partial charge in [-0.05, 0) is 40.9 Å². The fourth-order valence-corrected chi connectivity index (χ4v) is 1.47. The summed E-state index contributed by atoms with van der Waals surface area (Å²) in [5.74, 6) is 0.829. The molecule has 14 heavy (non-hydrogen) atoms. The lowest BCUT2D eigenvalue weighted by Crippen LogP contribution is -2.12. The van der Waals surface area contributed by atoms with E-state index in [0.29, 0.717) is 0 Å². The highest BCUT2D eigenvalue weighted by molar-refractivity contribution is 9.10. The van der Waals surface area contributed by atoms with E-state index in [0.717, 1.165) is 29.7 Å². The van der Waals surface area contributed by atoms with Crippen LogP contribution in [-0.4, -0.2) is 22.7 Å². The lowest BCUT2D eigenvalue weighted by atomic mass is 10.2. The number of halogens is 1. The molecule has 0 amide bonds. The minimum atomic E-state index is -0.218. The predicted molar refractivity (Wildman–Crippen MR) is 61.3 cm³/mol. The van der Waals surface area contributed by atoms with Crippen molar-refractivity contribution in [2.75, 3.05) is 11.9 Å². The van der Waals surface area contributed by atoms with E-state index < -0.39 is 0 Å². The zero-order valence-electron chi connectivity index (χ0n) is 8.20. The van der Waals surface area contributed by atoms with Gasteiger partial charge in [0.1, 0.15) is 5.82 Å². The highest BCUT2D eigenvalue weighted by atomic mass is 79.9. The number of anilines is 1. The Morgan fingerprint density at radius 2 is 2.43 bits per heavy atom. The minimum absolute atomic E-state index is 0.218. The van der Waals surface area contributed by atoms with Crippen molar-refractivity contribution in [3.05, 3.63) is 22.8 Å². The fraction of sp³-hybridized carbons (Fsp3) is 0.500. The largest absolute Gasteiger partial charge is 0.393 e. The molecular weight excluding hydrogens is 244 g/mol. The number of pyridine rings is 1. The molecule has 0 aliphatic rings. The maximum absolute atomic E-state index is 9.33. The van der Waals surface area contributed by atoms with Crippen LogP contribution in [0.1, 0.15) is 19.8 Å². The average Bonchev–Trinajstić information content (AvgIpc) is 2.20. The van der Waals surface area contributed by atoms with Gasteiger partial charge in [0.25, 0.3) is 0 Å². The maximum atomic E-state index is 9.33. The molecule has 0 aliphatic carbocycles. The average molecular weight is 259 g/mol. The molecule has 1 rings (SSSR count). The van der Waals surface area contributed by atoms with E-state index in [4.69, 9.17) is 0 Å². The Morgan fingerprint density at radius 1 is 1.64 bits per heavy atom. The van der Waals surface area contributed by atoms with Crippen molar-refractivity contribution in [1.82, 2.24) is 4.98 Å². The van der Waals surface area contributed by atoms with Crippen LogP contribution in [0.4, 0.5) is 5.82 Å². The SMILES string of the molecule is CCC(O)CCNc1ncccc1Br. The predicted octanol–water partition coefficient (Wildman–Crippen LogP) is 2.42. The quantitative estimate of drug-likeness (QED) is 0.853. The normalized spacial score (nSPS) is 12.5. The molecule has 0 saturated carbocycles. The monoisotopic (exact) mass is 258 g/mol. The summed E-state index contributed by atoms with van der Waals surface area (Å²) in [5.41, 5.74) is 0. The highest BCUT2D eigenvalue weighted by Crippen LogP contribution is 2.18. The smallest absolute Gasteiger partial charge is 0.140 e. The maximum Gasteiger partial charge on any atom is 0.140 e. The van der Waals surface area contributed by atoms with Crippen molar-refractivity contribution >= 4 is 21.7 Å². The Hall–Kier alpha value is -0.610. The zero-order chi connectivity index (χ0) is 10.4. The van der Waals surface area contributed by atoms with E-state index >= 15 is 0 Å². The Morgan fingerprint density at radius 3 is 3.07 bits per heavy atom. The standard InChI is InChI=1S/C10H15BrN2O/c1-2-8(14)5-7-13-10-9(11)4-3-6-12-10/h3-4,6,8,14H,2,5,7H2,1H3,(H,12,13). The number of aliphatic hydroxyl groups excluding tert-OH is 1. The third-order valence-corrected chi connectivity index (χ3v) is 2.64. The van der Waals surface area contributed by atoms with E-state index in [1.807, 2.05) is 19.1 Å². The van der Waals surface area contributed by atoms with Gasteiger partial charge in [0.05, 0.1) is 10.6 Å². The molecule has 0 aliphatic heterocycles. The van der Waals surface area contributed by atoms with Gasteiger partial charge >= 0.3 is 0 Å². The summed E-state index contributed by atoms with van der Waals surface area (Å²) in [6.45, 7) is 2.71. The summed E-state index contributed by atoms with van der Waals surface area (Å²) in [7, 11) is 0. The lowest BCUT2D eigenvalue weighted by molar-refractivity contribution is 0.164. The topological polar surface area (TPSA) is 45.1 Å². The molecule has 4 heteroatoms. The molecule has 2 N–H and O–H groups in total. The number of nitrogens with one attached hydrogen (secondary N) is 1. The number of rotatable bonds is 5. The molecule has 0 bridgehead atoms. The van der Waals surface area contributed by atoms with Crippen molar-refractivity contribution in [1.29, 1.82) is 0 Å².